The molecule has 1 aromatic carbocycles. The van der Waals surface area contributed by atoms with E-state index in [1.165, 1.54) is 12.1 Å². The average molecular weight is 600 g/mol. The zero-order chi connectivity index (χ0) is 29.4. The molecule has 0 unspecified atom stereocenters. The lowest BCUT2D eigenvalue weighted by Gasteiger charge is -2.10. The molecule has 41 heavy (non-hydrogen) atoms. The molecule has 0 aliphatic heterocycles. The SMILES string of the molecule is CCn1cc(-c2cc(C(F)F)nc3sc(C(N)=O)c(NC(=O)c4ccc(COc5ccc(Cl)c(C)c5)o4)c23)c(C)n1. The van der Waals surface area contributed by atoms with Crippen LogP contribution >= 0.6 is 22.9 Å². The molecule has 0 bridgehead atoms. The predicted octanol–water partition coefficient (Wildman–Crippen LogP) is 6.91. The van der Waals surface area contributed by atoms with E-state index in [0.29, 0.717) is 45.3 Å². The fraction of sp³-hybridized carbons (Fsp3) is 0.214. The van der Waals surface area contributed by atoms with Gasteiger partial charge in [0.25, 0.3) is 18.2 Å². The van der Waals surface area contributed by atoms with Gasteiger partial charge in [0.15, 0.2) is 5.76 Å². The van der Waals surface area contributed by atoms with Gasteiger partial charge >= 0.3 is 0 Å². The van der Waals surface area contributed by atoms with Crippen LogP contribution in [0.2, 0.25) is 5.02 Å². The van der Waals surface area contributed by atoms with Crippen LogP contribution in [-0.2, 0) is 13.2 Å². The van der Waals surface area contributed by atoms with Crippen LogP contribution < -0.4 is 15.8 Å². The van der Waals surface area contributed by atoms with E-state index in [-0.39, 0.29) is 27.8 Å². The predicted molar refractivity (Wildman–Crippen MR) is 152 cm³/mol. The number of pyridine rings is 1. The van der Waals surface area contributed by atoms with Crippen LogP contribution in [0.3, 0.4) is 0 Å². The molecule has 0 spiro atoms. The quantitative estimate of drug-likeness (QED) is 0.190. The highest BCUT2D eigenvalue weighted by Crippen LogP contribution is 2.43. The molecule has 0 aliphatic carbocycles. The van der Waals surface area contributed by atoms with Crippen molar-refractivity contribution in [2.75, 3.05) is 5.32 Å². The maximum Gasteiger partial charge on any atom is 0.291 e. The summed E-state index contributed by atoms with van der Waals surface area (Å²) in [5.74, 6) is -0.625. The number of hydrogen-bond acceptors (Lipinski definition) is 7. The van der Waals surface area contributed by atoms with Crippen molar-refractivity contribution in [2.45, 2.75) is 40.3 Å². The average Bonchev–Trinajstić information content (AvgIpc) is 3.66. The lowest BCUT2D eigenvalue weighted by atomic mass is 10.0. The topological polar surface area (TPSA) is 125 Å². The number of nitrogens with one attached hydrogen (secondary N) is 1. The minimum atomic E-state index is -2.86. The largest absolute Gasteiger partial charge is 0.486 e. The highest BCUT2D eigenvalue weighted by Gasteiger charge is 2.27. The minimum absolute atomic E-state index is 0.0396. The number of benzene rings is 1. The Balaban J connectivity index is 1.50. The number of carbonyl (C=O) groups excluding carboxylic acids is 2. The number of carbonyl (C=O) groups is 2. The summed E-state index contributed by atoms with van der Waals surface area (Å²) >= 11 is 6.87. The van der Waals surface area contributed by atoms with E-state index in [0.717, 1.165) is 16.9 Å². The van der Waals surface area contributed by atoms with Gasteiger partial charge in [-0.15, -0.1) is 11.3 Å². The van der Waals surface area contributed by atoms with Crippen molar-refractivity contribution in [2.24, 2.45) is 5.73 Å². The number of halogens is 3. The third-order valence-electron chi connectivity index (χ3n) is 6.32. The normalized spacial score (nSPS) is 11.4. The molecule has 0 saturated carbocycles. The number of thiophene rings is 1. The number of rotatable bonds is 9. The molecular formula is C28H24ClF2N5O4S. The van der Waals surface area contributed by atoms with Crippen LogP contribution in [0, 0.1) is 13.8 Å². The van der Waals surface area contributed by atoms with E-state index in [1.54, 1.807) is 42.1 Å². The number of anilines is 1. The van der Waals surface area contributed by atoms with E-state index in [1.807, 2.05) is 13.8 Å². The molecule has 0 atom stereocenters. The molecule has 3 N–H and O–H groups in total. The number of furan rings is 1. The summed E-state index contributed by atoms with van der Waals surface area (Å²) in [5.41, 5.74) is 7.54. The summed E-state index contributed by atoms with van der Waals surface area (Å²) in [4.78, 5) is 29.8. The first kappa shape index (κ1) is 28.2. The molecule has 5 aromatic rings. The second-order valence-electron chi connectivity index (χ2n) is 9.15. The number of aromatic nitrogens is 3. The number of nitrogens with zero attached hydrogens (tertiary/aromatic N) is 3. The molecule has 0 saturated heterocycles. The summed E-state index contributed by atoms with van der Waals surface area (Å²) in [5, 5.41) is 8.03. The van der Waals surface area contributed by atoms with Gasteiger partial charge in [-0.25, -0.2) is 13.8 Å². The maximum atomic E-state index is 13.8. The van der Waals surface area contributed by atoms with Crippen molar-refractivity contribution < 1.29 is 27.5 Å². The number of amides is 2. The van der Waals surface area contributed by atoms with Crippen molar-refractivity contribution in [3.05, 3.63) is 81.0 Å². The summed E-state index contributed by atoms with van der Waals surface area (Å²) in [7, 11) is 0. The summed E-state index contributed by atoms with van der Waals surface area (Å²) in [6.45, 7) is 6.09. The van der Waals surface area contributed by atoms with Gasteiger partial charge in [0.05, 0.1) is 11.4 Å². The van der Waals surface area contributed by atoms with Gasteiger partial charge in [-0.2, -0.15) is 5.10 Å². The van der Waals surface area contributed by atoms with E-state index in [9.17, 15) is 18.4 Å². The first-order valence-corrected chi connectivity index (χ1v) is 13.6. The number of primary amides is 1. The van der Waals surface area contributed by atoms with Crippen molar-refractivity contribution in [3.8, 4) is 16.9 Å². The number of nitrogens with two attached hydrogens (primary N) is 1. The van der Waals surface area contributed by atoms with Crippen molar-refractivity contribution in [1.82, 2.24) is 14.8 Å². The monoisotopic (exact) mass is 599 g/mol. The number of aryl methyl sites for hydroxylation is 3. The standard InChI is InChI=1S/C28H24ClF2N5O4S/c1-4-36-11-18(14(3)35-36)17-10-20(25(30)31)33-28-22(17)23(24(41-28)26(32)37)34-27(38)21-8-6-16(40-21)12-39-15-5-7-19(29)13(2)9-15/h5-11,25H,4,12H2,1-3H3,(H2,32,37)(H,34,38). The fourth-order valence-corrected chi connectivity index (χ4v) is 5.42. The smallest absolute Gasteiger partial charge is 0.291 e. The summed E-state index contributed by atoms with van der Waals surface area (Å²) in [6.07, 6.45) is -1.15. The zero-order valence-electron chi connectivity index (χ0n) is 22.1. The van der Waals surface area contributed by atoms with Gasteiger partial charge in [-0.1, -0.05) is 11.6 Å². The van der Waals surface area contributed by atoms with E-state index < -0.39 is 23.9 Å². The van der Waals surface area contributed by atoms with Gasteiger partial charge in [0.1, 0.15) is 33.5 Å². The lowest BCUT2D eigenvalue weighted by Crippen LogP contribution is -2.16. The molecule has 9 nitrogen and oxygen atoms in total. The number of hydrogen-bond donors (Lipinski definition) is 2. The fourth-order valence-electron chi connectivity index (χ4n) is 4.29. The van der Waals surface area contributed by atoms with Crippen LogP contribution in [0.25, 0.3) is 21.3 Å². The Labute approximate surface area is 241 Å². The molecule has 5 rings (SSSR count). The Morgan fingerprint density at radius 3 is 2.63 bits per heavy atom. The molecule has 0 fully saturated rings. The molecule has 4 heterocycles. The van der Waals surface area contributed by atoms with Gasteiger partial charge < -0.3 is 20.2 Å². The molecule has 13 heteroatoms. The second kappa shape index (κ2) is 11.3. The highest BCUT2D eigenvalue weighted by atomic mass is 35.5. The Morgan fingerprint density at radius 1 is 1.20 bits per heavy atom. The Kier molecular flexibility index (Phi) is 7.78. The van der Waals surface area contributed by atoms with Gasteiger partial charge in [-0.05, 0) is 68.3 Å². The molecule has 212 valence electrons. The van der Waals surface area contributed by atoms with E-state index in [4.69, 9.17) is 26.5 Å². The minimum Gasteiger partial charge on any atom is -0.486 e. The van der Waals surface area contributed by atoms with Crippen molar-refractivity contribution in [3.63, 3.8) is 0 Å². The Hall–Kier alpha value is -4.29. The van der Waals surface area contributed by atoms with Gasteiger partial charge in [-0.3, -0.25) is 14.3 Å². The lowest BCUT2D eigenvalue weighted by molar-refractivity contribution is 0.0992. The first-order chi connectivity index (χ1) is 19.5. The third kappa shape index (κ3) is 5.66. The Morgan fingerprint density at radius 2 is 1.98 bits per heavy atom. The van der Waals surface area contributed by atoms with Gasteiger partial charge in [0, 0.05) is 28.7 Å². The van der Waals surface area contributed by atoms with Crippen LogP contribution in [0.1, 0.15) is 56.3 Å². The molecule has 4 aromatic heterocycles. The van der Waals surface area contributed by atoms with Gasteiger partial charge in [0.2, 0.25) is 0 Å². The second-order valence-corrected chi connectivity index (χ2v) is 10.6. The van der Waals surface area contributed by atoms with Crippen molar-refractivity contribution >= 4 is 50.7 Å². The van der Waals surface area contributed by atoms with Crippen LogP contribution in [0.5, 0.6) is 5.75 Å². The number of fused-ring (bicyclic) bond motifs is 1. The molecule has 0 aliphatic rings. The van der Waals surface area contributed by atoms with Crippen LogP contribution in [0.15, 0.2) is 47.0 Å². The van der Waals surface area contributed by atoms with Crippen LogP contribution in [-0.4, -0.2) is 26.6 Å². The van der Waals surface area contributed by atoms with Crippen LogP contribution in [0.4, 0.5) is 14.5 Å². The molecular weight excluding hydrogens is 576 g/mol. The van der Waals surface area contributed by atoms with E-state index >= 15 is 0 Å². The van der Waals surface area contributed by atoms with Crippen molar-refractivity contribution in [1.29, 1.82) is 0 Å². The zero-order valence-corrected chi connectivity index (χ0v) is 23.7. The third-order valence-corrected chi connectivity index (χ3v) is 7.85. The maximum absolute atomic E-state index is 13.8. The van der Waals surface area contributed by atoms with E-state index in [2.05, 4.69) is 15.4 Å². The number of ether oxygens (including phenoxy) is 1. The number of alkyl halides is 2. The highest BCUT2D eigenvalue weighted by molar-refractivity contribution is 7.21. The Bertz CT molecular complexity index is 1800. The first-order valence-electron chi connectivity index (χ1n) is 12.4. The molecule has 2 amide bonds. The summed E-state index contributed by atoms with van der Waals surface area (Å²) in [6, 6.07) is 9.51. The molecule has 0 radical (unpaired) electrons. The summed E-state index contributed by atoms with van der Waals surface area (Å²) < 4.78 is 40.7.